The number of carbonyl (C=O) groups excluding carboxylic acids is 1. The van der Waals surface area contributed by atoms with Gasteiger partial charge in [0.2, 0.25) is 0 Å². The van der Waals surface area contributed by atoms with Crippen molar-refractivity contribution in [1.29, 1.82) is 0 Å². The first kappa shape index (κ1) is 10.5. The van der Waals surface area contributed by atoms with Gasteiger partial charge in [-0.3, -0.25) is 4.68 Å². The first-order chi connectivity index (χ1) is 7.61. The standard InChI is InChI=1S/C11H12N2O3/c1-3-16-11(15)7-4-9-8(10(14)5-7)6-13(2)12-9/h4-6,14H,3H2,1-2H3. The summed E-state index contributed by atoms with van der Waals surface area (Å²) < 4.78 is 6.44. The number of nitrogens with zero attached hydrogens (tertiary/aromatic N) is 2. The Morgan fingerprint density at radius 1 is 1.56 bits per heavy atom. The summed E-state index contributed by atoms with van der Waals surface area (Å²) in [7, 11) is 1.75. The molecule has 0 bridgehead atoms. The molecular weight excluding hydrogens is 208 g/mol. The van der Waals surface area contributed by atoms with E-state index in [4.69, 9.17) is 4.74 Å². The maximum atomic E-state index is 11.5. The number of phenolic OH excluding ortho intramolecular Hbond substituents is 1. The van der Waals surface area contributed by atoms with E-state index in [1.54, 1.807) is 30.9 Å². The van der Waals surface area contributed by atoms with Gasteiger partial charge >= 0.3 is 5.97 Å². The van der Waals surface area contributed by atoms with Crippen LogP contribution in [-0.4, -0.2) is 27.5 Å². The minimum absolute atomic E-state index is 0.0358. The van der Waals surface area contributed by atoms with Crippen molar-refractivity contribution in [1.82, 2.24) is 9.78 Å². The number of fused-ring (bicyclic) bond motifs is 1. The molecule has 1 heterocycles. The highest BCUT2D eigenvalue weighted by molar-refractivity contribution is 5.96. The lowest BCUT2D eigenvalue weighted by molar-refractivity contribution is 0.0526. The van der Waals surface area contributed by atoms with E-state index in [2.05, 4.69) is 5.10 Å². The van der Waals surface area contributed by atoms with Crippen LogP contribution >= 0.6 is 0 Å². The minimum atomic E-state index is -0.453. The van der Waals surface area contributed by atoms with Gasteiger partial charge in [-0.05, 0) is 19.1 Å². The number of benzene rings is 1. The molecule has 0 radical (unpaired) electrons. The molecule has 0 fully saturated rings. The fourth-order valence-electron chi connectivity index (χ4n) is 1.56. The number of rotatable bonds is 2. The van der Waals surface area contributed by atoms with E-state index in [1.807, 2.05) is 0 Å². The van der Waals surface area contributed by atoms with Gasteiger partial charge in [-0.25, -0.2) is 4.79 Å². The Morgan fingerprint density at radius 2 is 2.31 bits per heavy atom. The second-order valence-corrected chi connectivity index (χ2v) is 3.45. The lowest BCUT2D eigenvalue weighted by Crippen LogP contribution is -2.04. The van der Waals surface area contributed by atoms with Gasteiger partial charge < -0.3 is 9.84 Å². The summed E-state index contributed by atoms with van der Waals surface area (Å²) >= 11 is 0. The second kappa shape index (κ2) is 3.84. The summed E-state index contributed by atoms with van der Waals surface area (Å²) in [6, 6.07) is 3.00. The molecule has 0 aliphatic carbocycles. The van der Waals surface area contributed by atoms with Gasteiger partial charge in [-0.15, -0.1) is 0 Å². The summed E-state index contributed by atoms with van der Waals surface area (Å²) in [4.78, 5) is 11.5. The third-order valence-electron chi connectivity index (χ3n) is 2.23. The Bertz CT molecular complexity index is 545. The van der Waals surface area contributed by atoms with Crippen LogP contribution in [0.3, 0.4) is 0 Å². The Morgan fingerprint density at radius 3 is 3.00 bits per heavy atom. The van der Waals surface area contributed by atoms with Gasteiger partial charge in [0.15, 0.2) is 0 Å². The predicted octanol–water partition coefficient (Wildman–Crippen LogP) is 1.46. The molecule has 0 saturated carbocycles. The van der Waals surface area contributed by atoms with Crippen LogP contribution in [0.4, 0.5) is 0 Å². The molecule has 1 N–H and O–H groups in total. The fourth-order valence-corrected chi connectivity index (χ4v) is 1.56. The number of aryl methyl sites for hydroxylation is 1. The zero-order chi connectivity index (χ0) is 11.7. The fraction of sp³-hybridized carbons (Fsp3) is 0.273. The molecule has 1 aromatic heterocycles. The molecular formula is C11H12N2O3. The zero-order valence-corrected chi connectivity index (χ0v) is 9.10. The summed E-state index contributed by atoms with van der Waals surface area (Å²) in [5.41, 5.74) is 0.885. The second-order valence-electron chi connectivity index (χ2n) is 3.45. The lowest BCUT2D eigenvalue weighted by atomic mass is 10.1. The van der Waals surface area contributed by atoms with Crippen LogP contribution in [0.2, 0.25) is 0 Å². The summed E-state index contributed by atoms with van der Waals surface area (Å²) in [6.45, 7) is 2.04. The molecule has 5 heteroatoms. The topological polar surface area (TPSA) is 64.3 Å². The van der Waals surface area contributed by atoms with Gasteiger partial charge in [0.05, 0.1) is 23.1 Å². The van der Waals surface area contributed by atoms with Crippen LogP contribution in [0.25, 0.3) is 10.9 Å². The Kier molecular flexibility index (Phi) is 2.52. The average Bonchev–Trinajstić information content (AvgIpc) is 2.59. The largest absolute Gasteiger partial charge is 0.507 e. The van der Waals surface area contributed by atoms with Crippen molar-refractivity contribution < 1.29 is 14.6 Å². The van der Waals surface area contributed by atoms with E-state index >= 15 is 0 Å². The van der Waals surface area contributed by atoms with Crippen molar-refractivity contribution in [2.75, 3.05) is 6.61 Å². The molecule has 16 heavy (non-hydrogen) atoms. The van der Waals surface area contributed by atoms with E-state index < -0.39 is 5.97 Å². The predicted molar refractivity (Wildman–Crippen MR) is 58.3 cm³/mol. The first-order valence-corrected chi connectivity index (χ1v) is 4.95. The highest BCUT2D eigenvalue weighted by Crippen LogP contribution is 2.25. The maximum Gasteiger partial charge on any atom is 0.338 e. The number of aromatic hydroxyl groups is 1. The van der Waals surface area contributed by atoms with E-state index in [-0.39, 0.29) is 5.75 Å². The molecule has 0 spiro atoms. The zero-order valence-electron chi connectivity index (χ0n) is 9.10. The normalized spacial score (nSPS) is 10.6. The molecule has 84 valence electrons. The number of carbonyl (C=O) groups is 1. The highest BCUT2D eigenvalue weighted by atomic mass is 16.5. The van der Waals surface area contributed by atoms with E-state index in [9.17, 15) is 9.90 Å². The molecule has 0 unspecified atom stereocenters. The Balaban J connectivity index is 2.53. The smallest absolute Gasteiger partial charge is 0.338 e. The van der Waals surface area contributed by atoms with E-state index in [1.165, 1.54) is 6.07 Å². The van der Waals surface area contributed by atoms with E-state index in [0.29, 0.717) is 23.1 Å². The quantitative estimate of drug-likeness (QED) is 0.778. The number of esters is 1. The van der Waals surface area contributed by atoms with Gasteiger partial charge in [-0.1, -0.05) is 0 Å². The molecule has 0 aliphatic heterocycles. The average molecular weight is 220 g/mol. The number of hydrogen-bond donors (Lipinski definition) is 1. The van der Waals surface area contributed by atoms with Crippen molar-refractivity contribution in [2.45, 2.75) is 6.92 Å². The summed E-state index contributed by atoms with van der Waals surface area (Å²) in [6.07, 6.45) is 1.69. The first-order valence-electron chi connectivity index (χ1n) is 4.95. The number of ether oxygens (including phenoxy) is 1. The molecule has 5 nitrogen and oxygen atoms in total. The monoisotopic (exact) mass is 220 g/mol. The molecule has 0 saturated heterocycles. The molecule has 0 aliphatic rings. The SMILES string of the molecule is CCOC(=O)c1cc(O)c2cn(C)nc2c1. The Hall–Kier alpha value is -2.04. The van der Waals surface area contributed by atoms with Crippen LogP contribution in [0.1, 0.15) is 17.3 Å². The molecule has 0 amide bonds. The van der Waals surface area contributed by atoms with Crippen LogP contribution in [-0.2, 0) is 11.8 Å². The van der Waals surface area contributed by atoms with Gasteiger partial charge in [-0.2, -0.15) is 5.10 Å². The third kappa shape index (κ3) is 1.71. The van der Waals surface area contributed by atoms with Crippen molar-refractivity contribution in [3.8, 4) is 5.75 Å². The minimum Gasteiger partial charge on any atom is -0.507 e. The number of phenols is 1. The van der Waals surface area contributed by atoms with Crippen molar-refractivity contribution >= 4 is 16.9 Å². The van der Waals surface area contributed by atoms with E-state index in [0.717, 1.165) is 0 Å². The third-order valence-corrected chi connectivity index (χ3v) is 2.23. The van der Waals surface area contributed by atoms with Gasteiger partial charge in [0.1, 0.15) is 5.75 Å². The van der Waals surface area contributed by atoms with Crippen LogP contribution in [0, 0.1) is 0 Å². The Labute approximate surface area is 92.2 Å². The summed E-state index contributed by atoms with van der Waals surface area (Å²) in [5, 5.41) is 14.5. The molecule has 2 aromatic rings. The number of hydrogen-bond acceptors (Lipinski definition) is 4. The van der Waals surface area contributed by atoms with Crippen molar-refractivity contribution in [2.24, 2.45) is 7.05 Å². The van der Waals surface area contributed by atoms with Crippen LogP contribution in [0.5, 0.6) is 5.75 Å². The maximum absolute atomic E-state index is 11.5. The molecule has 2 rings (SSSR count). The van der Waals surface area contributed by atoms with Crippen LogP contribution < -0.4 is 0 Å². The van der Waals surface area contributed by atoms with Gasteiger partial charge in [0, 0.05) is 13.2 Å². The van der Waals surface area contributed by atoms with Crippen molar-refractivity contribution in [3.63, 3.8) is 0 Å². The summed E-state index contributed by atoms with van der Waals surface area (Å²) in [5.74, 6) is -0.418. The molecule has 0 atom stereocenters. The van der Waals surface area contributed by atoms with Crippen molar-refractivity contribution in [3.05, 3.63) is 23.9 Å². The lowest BCUT2D eigenvalue weighted by Gasteiger charge is -2.02. The van der Waals surface area contributed by atoms with Crippen LogP contribution in [0.15, 0.2) is 18.3 Å². The van der Waals surface area contributed by atoms with Gasteiger partial charge in [0.25, 0.3) is 0 Å². The molecule has 1 aromatic carbocycles. The highest BCUT2D eigenvalue weighted by Gasteiger charge is 2.12. The number of aromatic nitrogens is 2.